The topological polar surface area (TPSA) is 63.2 Å². The van der Waals surface area contributed by atoms with E-state index in [1.807, 2.05) is 25.1 Å². The number of aromatic nitrogens is 1. The lowest BCUT2D eigenvalue weighted by Crippen LogP contribution is -2.25. The molecule has 0 bridgehead atoms. The Hall–Kier alpha value is -2.82. The van der Waals surface area contributed by atoms with Crippen molar-refractivity contribution in [2.45, 2.75) is 39.0 Å². The van der Waals surface area contributed by atoms with E-state index in [0.717, 1.165) is 23.4 Å². The highest BCUT2D eigenvalue weighted by Gasteiger charge is 2.09. The fraction of sp³-hybridized carbons (Fsp3) is 0.364. The van der Waals surface area contributed by atoms with Gasteiger partial charge in [0.05, 0.1) is 18.4 Å². The summed E-state index contributed by atoms with van der Waals surface area (Å²) in [5, 5.41) is 6.22. The molecule has 1 amide bonds. The van der Waals surface area contributed by atoms with Gasteiger partial charge in [0.15, 0.2) is 0 Å². The Morgan fingerprint density at radius 1 is 1.22 bits per heavy atom. The Kier molecular flexibility index (Phi) is 6.47. The number of hydrogen-bond acceptors (Lipinski definition) is 4. The molecule has 0 saturated heterocycles. The summed E-state index contributed by atoms with van der Waals surface area (Å²) >= 11 is 0. The summed E-state index contributed by atoms with van der Waals surface area (Å²) in [5.74, 6) is 1.34. The van der Waals surface area contributed by atoms with Gasteiger partial charge in [-0.3, -0.25) is 4.79 Å². The van der Waals surface area contributed by atoms with Crippen LogP contribution in [0, 0.1) is 6.92 Å². The zero-order chi connectivity index (χ0) is 19.1. The normalized spacial score (nSPS) is 13.6. The lowest BCUT2D eigenvalue weighted by atomic mass is 9.97. The van der Waals surface area contributed by atoms with E-state index in [4.69, 9.17) is 4.74 Å². The molecule has 2 N–H and O–H groups in total. The zero-order valence-electron chi connectivity index (χ0n) is 16.0. The Morgan fingerprint density at radius 2 is 2.11 bits per heavy atom. The van der Waals surface area contributed by atoms with Crippen LogP contribution in [0.15, 0.2) is 48.2 Å². The largest absolute Gasteiger partial charge is 0.495 e. The van der Waals surface area contributed by atoms with E-state index in [1.54, 1.807) is 25.4 Å². The Morgan fingerprint density at radius 3 is 2.81 bits per heavy atom. The lowest BCUT2D eigenvalue weighted by molar-refractivity contribution is 0.0953. The van der Waals surface area contributed by atoms with Gasteiger partial charge in [0.2, 0.25) is 0 Å². The van der Waals surface area contributed by atoms with Gasteiger partial charge in [0.25, 0.3) is 5.91 Å². The minimum Gasteiger partial charge on any atom is -0.495 e. The third kappa shape index (κ3) is 5.33. The van der Waals surface area contributed by atoms with Gasteiger partial charge in [-0.25, -0.2) is 4.98 Å². The number of nitrogens with one attached hydrogen (secondary N) is 2. The van der Waals surface area contributed by atoms with E-state index in [0.29, 0.717) is 17.9 Å². The molecular formula is C22H27N3O2. The number of allylic oxidation sites excluding steroid dienone is 1. The molecule has 2 aromatic rings. The predicted molar refractivity (Wildman–Crippen MR) is 109 cm³/mol. The number of anilines is 2. The van der Waals surface area contributed by atoms with Crippen molar-refractivity contribution >= 4 is 17.4 Å². The van der Waals surface area contributed by atoms with Gasteiger partial charge >= 0.3 is 0 Å². The van der Waals surface area contributed by atoms with Crippen molar-refractivity contribution in [1.29, 1.82) is 0 Å². The van der Waals surface area contributed by atoms with Crippen LogP contribution in [0.2, 0.25) is 0 Å². The van der Waals surface area contributed by atoms with Crippen LogP contribution in [0.25, 0.3) is 0 Å². The fourth-order valence-electron chi connectivity index (χ4n) is 3.23. The number of methoxy groups -OCH3 is 1. The number of ether oxygens (including phenoxy) is 1. The first-order chi connectivity index (χ1) is 13.2. The van der Waals surface area contributed by atoms with Crippen LogP contribution in [0.5, 0.6) is 5.75 Å². The Bertz CT molecular complexity index is 813. The molecule has 0 aliphatic heterocycles. The monoisotopic (exact) mass is 365 g/mol. The minimum atomic E-state index is -0.0846. The second kappa shape index (κ2) is 9.21. The Labute approximate surface area is 160 Å². The van der Waals surface area contributed by atoms with Gasteiger partial charge in [0, 0.05) is 12.7 Å². The molecule has 5 heteroatoms. The lowest BCUT2D eigenvalue weighted by Gasteiger charge is -2.13. The number of nitrogens with zero attached hydrogens (tertiary/aromatic N) is 1. The summed E-state index contributed by atoms with van der Waals surface area (Å²) in [6.45, 7) is 2.69. The standard InChI is InChI=1S/C22H27N3O2/c1-16-8-10-20(27-2)19(14-16)25-21-11-9-18(15-24-21)22(26)23-13-12-17-6-4-3-5-7-17/h6,8-11,14-15H,3-5,7,12-13H2,1-2H3,(H,23,26)(H,24,25). The van der Waals surface area contributed by atoms with Crippen molar-refractivity contribution in [1.82, 2.24) is 10.3 Å². The molecule has 0 atom stereocenters. The molecule has 1 aliphatic rings. The third-order valence-electron chi connectivity index (χ3n) is 4.76. The number of pyridine rings is 1. The summed E-state index contributed by atoms with van der Waals surface area (Å²) in [5.41, 5.74) is 4.01. The highest BCUT2D eigenvalue weighted by molar-refractivity contribution is 5.94. The van der Waals surface area contributed by atoms with Gasteiger partial charge in [-0.1, -0.05) is 17.7 Å². The maximum Gasteiger partial charge on any atom is 0.252 e. The van der Waals surface area contributed by atoms with Crippen LogP contribution < -0.4 is 15.4 Å². The first-order valence-electron chi connectivity index (χ1n) is 9.49. The maximum absolute atomic E-state index is 12.3. The summed E-state index contributed by atoms with van der Waals surface area (Å²) < 4.78 is 5.37. The van der Waals surface area contributed by atoms with Gasteiger partial charge in [-0.2, -0.15) is 0 Å². The SMILES string of the molecule is COc1ccc(C)cc1Nc1ccc(C(=O)NCCC2=CCCCC2)cn1. The summed E-state index contributed by atoms with van der Waals surface area (Å²) in [4.78, 5) is 16.6. The first kappa shape index (κ1) is 19.0. The molecule has 1 aromatic carbocycles. The molecule has 0 spiro atoms. The number of hydrogen-bond donors (Lipinski definition) is 2. The van der Waals surface area contributed by atoms with E-state index in [9.17, 15) is 4.79 Å². The van der Waals surface area contributed by atoms with Crippen LogP contribution in [0.4, 0.5) is 11.5 Å². The number of aryl methyl sites for hydroxylation is 1. The quantitative estimate of drug-likeness (QED) is 0.694. The zero-order valence-corrected chi connectivity index (χ0v) is 16.0. The van der Waals surface area contributed by atoms with Gasteiger partial charge < -0.3 is 15.4 Å². The summed E-state index contributed by atoms with van der Waals surface area (Å²) in [6, 6.07) is 9.50. The van der Waals surface area contributed by atoms with Crippen molar-refractivity contribution in [2.24, 2.45) is 0 Å². The fourth-order valence-corrected chi connectivity index (χ4v) is 3.23. The number of carbonyl (C=O) groups is 1. The van der Waals surface area contributed by atoms with Crippen molar-refractivity contribution in [3.8, 4) is 5.75 Å². The highest BCUT2D eigenvalue weighted by atomic mass is 16.5. The van der Waals surface area contributed by atoms with Crippen LogP contribution >= 0.6 is 0 Å². The molecule has 0 fully saturated rings. The molecule has 5 nitrogen and oxygen atoms in total. The summed E-state index contributed by atoms with van der Waals surface area (Å²) in [7, 11) is 1.64. The van der Waals surface area contributed by atoms with Crippen molar-refractivity contribution < 1.29 is 9.53 Å². The molecule has 0 radical (unpaired) electrons. The second-order valence-electron chi connectivity index (χ2n) is 6.87. The predicted octanol–water partition coefficient (Wildman–Crippen LogP) is 4.76. The van der Waals surface area contributed by atoms with E-state index in [2.05, 4.69) is 21.7 Å². The minimum absolute atomic E-state index is 0.0846. The molecule has 1 aliphatic carbocycles. The van der Waals surface area contributed by atoms with Crippen LogP contribution in [-0.4, -0.2) is 24.5 Å². The molecule has 27 heavy (non-hydrogen) atoms. The second-order valence-corrected chi connectivity index (χ2v) is 6.87. The van der Waals surface area contributed by atoms with Crippen LogP contribution in [-0.2, 0) is 0 Å². The molecule has 142 valence electrons. The molecule has 3 rings (SSSR count). The molecular weight excluding hydrogens is 338 g/mol. The maximum atomic E-state index is 12.3. The number of benzene rings is 1. The highest BCUT2D eigenvalue weighted by Crippen LogP contribution is 2.27. The van der Waals surface area contributed by atoms with Crippen LogP contribution in [0.1, 0.15) is 48.0 Å². The van der Waals surface area contributed by atoms with E-state index in [1.165, 1.54) is 31.3 Å². The van der Waals surface area contributed by atoms with E-state index < -0.39 is 0 Å². The average molecular weight is 365 g/mol. The van der Waals surface area contributed by atoms with Crippen molar-refractivity contribution in [3.63, 3.8) is 0 Å². The van der Waals surface area contributed by atoms with Gasteiger partial charge in [0.1, 0.15) is 11.6 Å². The smallest absolute Gasteiger partial charge is 0.252 e. The molecule has 0 unspecified atom stereocenters. The van der Waals surface area contributed by atoms with Gasteiger partial charge in [-0.15, -0.1) is 0 Å². The molecule has 1 heterocycles. The van der Waals surface area contributed by atoms with Gasteiger partial charge in [-0.05, 0) is 68.9 Å². The molecule has 0 saturated carbocycles. The summed E-state index contributed by atoms with van der Waals surface area (Å²) in [6.07, 6.45) is 9.75. The van der Waals surface area contributed by atoms with Crippen molar-refractivity contribution in [3.05, 3.63) is 59.3 Å². The Balaban J connectivity index is 1.56. The average Bonchev–Trinajstić information content (AvgIpc) is 2.69. The van der Waals surface area contributed by atoms with Crippen molar-refractivity contribution in [2.75, 3.05) is 19.0 Å². The number of amides is 1. The first-order valence-corrected chi connectivity index (χ1v) is 9.49. The number of rotatable bonds is 7. The third-order valence-corrected chi connectivity index (χ3v) is 4.76. The van der Waals surface area contributed by atoms with E-state index in [-0.39, 0.29) is 5.91 Å². The molecule has 1 aromatic heterocycles. The number of carbonyl (C=O) groups excluding carboxylic acids is 1. The van der Waals surface area contributed by atoms with Crippen LogP contribution in [0.3, 0.4) is 0 Å². The van der Waals surface area contributed by atoms with E-state index >= 15 is 0 Å².